The third kappa shape index (κ3) is 5.24. The summed E-state index contributed by atoms with van der Waals surface area (Å²) >= 11 is 9.88. The standard InChI is InChI=1S/C13H10OS6.Ni/c14-13-19-11(17-7-9-3-1-5-15-9)12(20-13)18-8-10-4-2-6-16-10;/h1-6H,7-8H2;. The smallest absolute Gasteiger partial charge is 0.265 e. The third-order valence-electron chi connectivity index (χ3n) is 2.37. The van der Waals surface area contributed by atoms with E-state index in [-0.39, 0.29) is 20.5 Å². The number of hydrogen-bond donors (Lipinski definition) is 0. The molecule has 0 radical (unpaired) electrons. The second kappa shape index (κ2) is 8.92. The molecule has 8 heteroatoms. The average Bonchev–Trinajstić information content (AvgIpc) is 3.16. The van der Waals surface area contributed by atoms with Gasteiger partial charge in [0.05, 0.1) is 8.42 Å². The Hall–Kier alpha value is 0.444. The van der Waals surface area contributed by atoms with E-state index >= 15 is 0 Å². The van der Waals surface area contributed by atoms with Crippen molar-refractivity contribution in [2.75, 3.05) is 0 Å². The van der Waals surface area contributed by atoms with Crippen molar-refractivity contribution in [3.8, 4) is 0 Å². The van der Waals surface area contributed by atoms with Crippen LogP contribution in [0.4, 0.5) is 0 Å². The molecule has 0 N–H and O–H groups in total. The van der Waals surface area contributed by atoms with Crippen LogP contribution in [0, 0.1) is 0 Å². The zero-order chi connectivity index (χ0) is 13.8. The minimum absolute atomic E-state index is 0. The van der Waals surface area contributed by atoms with Crippen molar-refractivity contribution in [1.29, 1.82) is 0 Å². The normalized spacial score (nSPS) is 10.5. The Morgan fingerprint density at radius 3 is 1.71 bits per heavy atom. The fourth-order valence-electron chi connectivity index (χ4n) is 1.50. The van der Waals surface area contributed by atoms with Crippen molar-refractivity contribution in [1.82, 2.24) is 0 Å². The SMILES string of the molecule is O=c1sc(SCc2cccs2)c(SCc2cccs2)s1.[Ni]. The van der Waals surface area contributed by atoms with Crippen molar-refractivity contribution >= 4 is 68.9 Å². The number of thiophene rings is 2. The van der Waals surface area contributed by atoms with Crippen LogP contribution < -0.4 is 4.06 Å². The van der Waals surface area contributed by atoms with Gasteiger partial charge in [-0.1, -0.05) is 34.8 Å². The van der Waals surface area contributed by atoms with E-state index in [1.165, 1.54) is 40.8 Å². The van der Waals surface area contributed by atoms with Crippen LogP contribution in [0.3, 0.4) is 0 Å². The van der Waals surface area contributed by atoms with Crippen molar-refractivity contribution in [2.24, 2.45) is 0 Å². The van der Waals surface area contributed by atoms with E-state index in [2.05, 4.69) is 35.0 Å². The van der Waals surface area contributed by atoms with Gasteiger partial charge in [-0.25, -0.2) is 0 Å². The fraction of sp³-hybridized carbons (Fsp3) is 0.154. The molecule has 0 saturated carbocycles. The molecule has 0 amide bonds. The first-order valence-corrected chi connectivity index (χ1v) is 11.1. The van der Waals surface area contributed by atoms with Gasteiger partial charge in [-0.15, -0.1) is 46.2 Å². The molecular weight excluding hydrogens is 423 g/mol. The minimum atomic E-state index is 0. The third-order valence-corrected chi connectivity index (χ3v) is 9.67. The average molecular weight is 433 g/mol. The quantitative estimate of drug-likeness (QED) is 0.357. The first-order chi connectivity index (χ1) is 9.81. The van der Waals surface area contributed by atoms with E-state index in [9.17, 15) is 4.79 Å². The molecule has 0 aliphatic rings. The van der Waals surface area contributed by atoms with Crippen LogP contribution in [0.1, 0.15) is 9.75 Å². The predicted molar refractivity (Wildman–Crippen MR) is 96.2 cm³/mol. The maximum absolute atomic E-state index is 11.6. The second-order valence-electron chi connectivity index (χ2n) is 3.77. The van der Waals surface area contributed by atoms with Gasteiger partial charge in [-0.3, -0.25) is 4.79 Å². The second-order valence-corrected chi connectivity index (χ2v) is 10.5. The summed E-state index contributed by atoms with van der Waals surface area (Å²) in [6.45, 7) is 0. The van der Waals surface area contributed by atoms with Crippen LogP contribution in [0.5, 0.6) is 0 Å². The van der Waals surface area contributed by atoms with Crippen LogP contribution in [-0.2, 0) is 28.0 Å². The molecule has 1 nitrogen and oxygen atoms in total. The molecule has 0 aliphatic carbocycles. The molecule has 0 saturated heterocycles. The zero-order valence-corrected chi connectivity index (χ0v) is 16.4. The molecule has 21 heavy (non-hydrogen) atoms. The van der Waals surface area contributed by atoms with Crippen molar-refractivity contribution in [3.63, 3.8) is 0 Å². The molecule has 3 aromatic rings. The summed E-state index contributed by atoms with van der Waals surface area (Å²) < 4.78 is 2.55. The summed E-state index contributed by atoms with van der Waals surface area (Å²) in [5.74, 6) is 1.91. The molecule has 0 spiro atoms. The van der Waals surface area contributed by atoms with Crippen LogP contribution in [0.25, 0.3) is 0 Å². The van der Waals surface area contributed by atoms with E-state index in [4.69, 9.17) is 0 Å². The van der Waals surface area contributed by atoms with Gasteiger partial charge in [-0.2, -0.15) is 0 Å². The van der Waals surface area contributed by atoms with E-state index in [0.717, 1.165) is 11.5 Å². The molecule has 114 valence electrons. The van der Waals surface area contributed by atoms with Crippen LogP contribution in [0.2, 0.25) is 0 Å². The minimum Gasteiger partial charge on any atom is -0.265 e. The fourth-order valence-corrected chi connectivity index (χ4v) is 8.28. The Balaban J connectivity index is 0.00000161. The molecule has 0 atom stereocenters. The Morgan fingerprint density at radius 2 is 1.33 bits per heavy atom. The molecule has 3 rings (SSSR count). The van der Waals surface area contributed by atoms with Crippen LogP contribution >= 0.6 is 68.9 Å². The molecule has 0 aliphatic heterocycles. The van der Waals surface area contributed by atoms with E-state index < -0.39 is 0 Å². The Kier molecular flexibility index (Phi) is 7.55. The summed E-state index contributed by atoms with van der Waals surface area (Å²) in [6, 6.07) is 8.43. The maximum atomic E-state index is 11.6. The summed E-state index contributed by atoms with van der Waals surface area (Å²) in [6.07, 6.45) is 0. The predicted octanol–water partition coefficient (Wildman–Crippen LogP) is 5.87. The zero-order valence-electron chi connectivity index (χ0n) is 10.6. The number of thioether (sulfide) groups is 2. The van der Waals surface area contributed by atoms with Crippen molar-refractivity contribution in [2.45, 2.75) is 19.9 Å². The van der Waals surface area contributed by atoms with Crippen LogP contribution in [0.15, 0.2) is 48.2 Å². The topological polar surface area (TPSA) is 17.1 Å². The van der Waals surface area contributed by atoms with Gasteiger partial charge in [0.2, 0.25) is 0 Å². The summed E-state index contributed by atoms with van der Waals surface area (Å²) in [4.78, 5) is 14.4. The summed E-state index contributed by atoms with van der Waals surface area (Å²) in [5.41, 5.74) is 0. The molecular formula is C13H10NiOS6. The first-order valence-electron chi connectivity index (χ1n) is 5.75. The first kappa shape index (κ1) is 17.8. The van der Waals surface area contributed by atoms with Gasteiger partial charge in [-0.05, 0) is 22.9 Å². The van der Waals surface area contributed by atoms with Crippen LogP contribution in [-0.4, -0.2) is 0 Å². The summed E-state index contributed by atoms with van der Waals surface area (Å²) in [5, 5.41) is 4.19. The van der Waals surface area contributed by atoms with Gasteiger partial charge in [0.25, 0.3) is 4.06 Å². The molecule has 0 aromatic carbocycles. The maximum Gasteiger partial charge on any atom is 0.289 e. The molecule has 3 heterocycles. The van der Waals surface area contributed by atoms with Crippen molar-refractivity contribution in [3.05, 3.63) is 53.6 Å². The Bertz CT molecular complexity index is 639. The van der Waals surface area contributed by atoms with Gasteiger partial charge in [0.15, 0.2) is 0 Å². The van der Waals surface area contributed by atoms with Crippen molar-refractivity contribution < 1.29 is 16.5 Å². The van der Waals surface area contributed by atoms with Gasteiger partial charge < -0.3 is 0 Å². The molecule has 3 aromatic heterocycles. The molecule has 0 unspecified atom stereocenters. The van der Waals surface area contributed by atoms with E-state index in [1.807, 2.05) is 0 Å². The number of hydrogen-bond acceptors (Lipinski definition) is 7. The number of rotatable bonds is 6. The molecule has 0 fully saturated rings. The van der Waals surface area contributed by atoms with Gasteiger partial charge in [0.1, 0.15) is 0 Å². The Morgan fingerprint density at radius 1 is 0.857 bits per heavy atom. The summed E-state index contributed by atoms with van der Waals surface area (Å²) in [7, 11) is 0. The largest absolute Gasteiger partial charge is 0.289 e. The van der Waals surface area contributed by atoms with E-state index in [0.29, 0.717) is 0 Å². The van der Waals surface area contributed by atoms with Gasteiger partial charge in [0, 0.05) is 37.8 Å². The Labute approximate surface area is 157 Å². The monoisotopic (exact) mass is 432 g/mol. The molecule has 0 bridgehead atoms. The van der Waals surface area contributed by atoms with E-state index in [1.54, 1.807) is 46.2 Å². The van der Waals surface area contributed by atoms with Gasteiger partial charge >= 0.3 is 0 Å².